The topological polar surface area (TPSA) is 83.1 Å². The van der Waals surface area contributed by atoms with E-state index < -0.39 is 15.3 Å². The molecule has 0 fully saturated rings. The molecule has 0 saturated carbocycles. The van der Waals surface area contributed by atoms with Gasteiger partial charge in [-0.2, -0.15) is 5.26 Å². The zero-order chi connectivity index (χ0) is 11.3. The molecule has 1 rings (SSSR count). The van der Waals surface area contributed by atoms with Crippen LogP contribution in [0.1, 0.15) is 18.9 Å². The molecule has 82 valence electrons. The number of furan rings is 1. The van der Waals surface area contributed by atoms with Crippen LogP contribution in [-0.2, 0) is 16.6 Å². The fourth-order valence-electron chi connectivity index (χ4n) is 1.06. The van der Waals surface area contributed by atoms with E-state index in [9.17, 15) is 8.42 Å². The quantitative estimate of drug-likeness (QED) is 0.815. The van der Waals surface area contributed by atoms with Gasteiger partial charge in [0.25, 0.3) is 0 Å². The van der Waals surface area contributed by atoms with Crippen molar-refractivity contribution in [3.8, 4) is 6.07 Å². The first kappa shape index (κ1) is 11.8. The number of rotatable bonds is 5. The van der Waals surface area contributed by atoms with Crippen LogP contribution in [0.2, 0.25) is 0 Å². The Hall–Kier alpha value is -1.32. The van der Waals surface area contributed by atoms with Crippen LogP contribution in [0.3, 0.4) is 0 Å². The summed E-state index contributed by atoms with van der Waals surface area (Å²) in [6, 6.07) is 3.41. The van der Waals surface area contributed by atoms with Gasteiger partial charge in [-0.15, -0.1) is 0 Å². The summed E-state index contributed by atoms with van der Waals surface area (Å²) in [5.74, 6) is 0. The Balaban J connectivity index is 2.62. The maximum Gasteiger partial charge on any atom is 0.228 e. The minimum Gasteiger partial charge on any atom is -0.472 e. The molecule has 0 bridgehead atoms. The van der Waals surface area contributed by atoms with E-state index in [0.717, 1.165) is 5.56 Å². The summed E-state index contributed by atoms with van der Waals surface area (Å²) in [5, 5.41) is 7.64. The zero-order valence-corrected chi connectivity index (χ0v) is 9.12. The van der Waals surface area contributed by atoms with Gasteiger partial charge in [-0.25, -0.2) is 13.1 Å². The van der Waals surface area contributed by atoms with Crippen molar-refractivity contribution in [3.05, 3.63) is 24.2 Å². The number of nitriles is 1. The van der Waals surface area contributed by atoms with Crippen molar-refractivity contribution in [1.82, 2.24) is 4.72 Å². The SMILES string of the molecule is CCC(C#N)S(=O)(=O)NCc1ccoc1. The summed E-state index contributed by atoms with van der Waals surface area (Å²) in [7, 11) is -3.55. The van der Waals surface area contributed by atoms with Gasteiger partial charge >= 0.3 is 0 Å². The Bertz CT molecular complexity index is 430. The van der Waals surface area contributed by atoms with Gasteiger partial charge in [0, 0.05) is 12.1 Å². The van der Waals surface area contributed by atoms with Crippen LogP contribution in [0.4, 0.5) is 0 Å². The van der Waals surface area contributed by atoms with E-state index in [1.165, 1.54) is 12.5 Å². The third kappa shape index (κ3) is 3.08. The summed E-state index contributed by atoms with van der Waals surface area (Å²) >= 11 is 0. The van der Waals surface area contributed by atoms with E-state index in [1.54, 1.807) is 19.1 Å². The van der Waals surface area contributed by atoms with Gasteiger partial charge in [0.15, 0.2) is 5.25 Å². The highest BCUT2D eigenvalue weighted by molar-refractivity contribution is 7.90. The van der Waals surface area contributed by atoms with Crippen molar-refractivity contribution in [2.45, 2.75) is 25.1 Å². The van der Waals surface area contributed by atoms with E-state index in [-0.39, 0.29) is 13.0 Å². The second-order valence-corrected chi connectivity index (χ2v) is 4.97. The van der Waals surface area contributed by atoms with Gasteiger partial charge in [0.1, 0.15) is 0 Å². The van der Waals surface area contributed by atoms with E-state index in [1.807, 2.05) is 0 Å². The van der Waals surface area contributed by atoms with Crippen molar-refractivity contribution in [2.24, 2.45) is 0 Å². The van der Waals surface area contributed by atoms with Gasteiger partial charge in [0.05, 0.1) is 18.6 Å². The molecule has 0 amide bonds. The number of hydrogen-bond acceptors (Lipinski definition) is 4. The largest absolute Gasteiger partial charge is 0.472 e. The lowest BCUT2D eigenvalue weighted by Gasteiger charge is -2.08. The van der Waals surface area contributed by atoms with Crippen LogP contribution in [0.15, 0.2) is 23.0 Å². The average Bonchev–Trinajstić information content (AvgIpc) is 2.69. The van der Waals surface area contributed by atoms with Crippen molar-refractivity contribution in [3.63, 3.8) is 0 Å². The average molecular weight is 228 g/mol. The second kappa shape index (κ2) is 4.96. The van der Waals surface area contributed by atoms with Gasteiger partial charge in [-0.3, -0.25) is 0 Å². The zero-order valence-electron chi connectivity index (χ0n) is 8.30. The normalized spacial score (nSPS) is 13.3. The number of nitrogens with one attached hydrogen (secondary N) is 1. The van der Waals surface area contributed by atoms with Crippen molar-refractivity contribution in [2.75, 3.05) is 0 Å². The first-order valence-electron chi connectivity index (χ1n) is 4.49. The standard InChI is InChI=1S/C9H12N2O3S/c1-2-9(5-10)15(12,13)11-6-8-3-4-14-7-8/h3-4,7,9,11H,2,6H2,1H3. The highest BCUT2D eigenvalue weighted by Crippen LogP contribution is 2.05. The number of nitrogens with zero attached hydrogens (tertiary/aromatic N) is 1. The molecule has 0 aliphatic heterocycles. The Morgan fingerprint density at radius 1 is 1.67 bits per heavy atom. The first-order valence-corrected chi connectivity index (χ1v) is 6.04. The Morgan fingerprint density at radius 3 is 2.87 bits per heavy atom. The summed E-state index contributed by atoms with van der Waals surface area (Å²) in [6.45, 7) is 1.81. The fourth-order valence-corrected chi connectivity index (χ4v) is 2.20. The monoisotopic (exact) mass is 228 g/mol. The predicted molar refractivity (Wildman–Crippen MR) is 54.2 cm³/mol. The molecule has 1 heterocycles. The van der Waals surface area contributed by atoms with Crippen LogP contribution < -0.4 is 4.72 Å². The van der Waals surface area contributed by atoms with Crippen molar-refractivity contribution < 1.29 is 12.8 Å². The third-order valence-electron chi connectivity index (χ3n) is 1.95. The highest BCUT2D eigenvalue weighted by atomic mass is 32.2. The van der Waals surface area contributed by atoms with Crippen LogP contribution in [0.25, 0.3) is 0 Å². The minimum absolute atomic E-state index is 0.150. The van der Waals surface area contributed by atoms with E-state index in [2.05, 4.69) is 4.72 Å². The highest BCUT2D eigenvalue weighted by Gasteiger charge is 2.22. The Labute approximate surface area is 88.8 Å². The van der Waals surface area contributed by atoms with Crippen LogP contribution in [0, 0.1) is 11.3 Å². The third-order valence-corrected chi connectivity index (χ3v) is 3.68. The van der Waals surface area contributed by atoms with Gasteiger partial charge in [-0.1, -0.05) is 6.92 Å². The molecular weight excluding hydrogens is 216 g/mol. The van der Waals surface area contributed by atoms with E-state index >= 15 is 0 Å². The molecule has 0 saturated heterocycles. The Morgan fingerprint density at radius 2 is 2.40 bits per heavy atom. The molecule has 1 aromatic heterocycles. The van der Waals surface area contributed by atoms with Crippen molar-refractivity contribution in [1.29, 1.82) is 5.26 Å². The fraction of sp³-hybridized carbons (Fsp3) is 0.444. The van der Waals surface area contributed by atoms with Crippen LogP contribution in [0.5, 0.6) is 0 Å². The van der Waals surface area contributed by atoms with Gasteiger partial charge in [-0.05, 0) is 12.5 Å². The maximum atomic E-state index is 11.5. The lowest BCUT2D eigenvalue weighted by Crippen LogP contribution is -2.32. The lowest BCUT2D eigenvalue weighted by atomic mass is 10.4. The van der Waals surface area contributed by atoms with Gasteiger partial charge < -0.3 is 4.42 Å². The molecule has 0 spiro atoms. The molecule has 0 radical (unpaired) electrons. The van der Waals surface area contributed by atoms with Crippen LogP contribution in [-0.4, -0.2) is 13.7 Å². The molecule has 0 aromatic carbocycles. The van der Waals surface area contributed by atoms with Crippen LogP contribution >= 0.6 is 0 Å². The number of sulfonamides is 1. The summed E-state index contributed by atoms with van der Waals surface area (Å²) in [4.78, 5) is 0. The maximum absolute atomic E-state index is 11.5. The lowest BCUT2D eigenvalue weighted by molar-refractivity contribution is 0.559. The second-order valence-electron chi connectivity index (χ2n) is 3.02. The predicted octanol–water partition coefficient (Wildman–Crippen LogP) is 1.00. The van der Waals surface area contributed by atoms with E-state index in [0.29, 0.717) is 0 Å². The Kier molecular flexibility index (Phi) is 3.88. The summed E-state index contributed by atoms with van der Waals surface area (Å²) < 4.78 is 30.2. The molecule has 1 N–H and O–H groups in total. The minimum atomic E-state index is -3.55. The molecule has 1 unspecified atom stereocenters. The van der Waals surface area contributed by atoms with Crippen molar-refractivity contribution >= 4 is 10.0 Å². The smallest absolute Gasteiger partial charge is 0.228 e. The van der Waals surface area contributed by atoms with E-state index in [4.69, 9.17) is 9.68 Å². The first-order chi connectivity index (χ1) is 7.10. The molecule has 5 nitrogen and oxygen atoms in total. The molecule has 15 heavy (non-hydrogen) atoms. The molecule has 6 heteroatoms. The molecule has 1 atom stereocenters. The molecule has 0 aliphatic rings. The van der Waals surface area contributed by atoms with Gasteiger partial charge in [0.2, 0.25) is 10.0 Å². The summed E-state index contributed by atoms with van der Waals surface area (Å²) in [5.41, 5.74) is 0.728. The molecular formula is C9H12N2O3S. The summed E-state index contributed by atoms with van der Waals surface area (Å²) in [6.07, 6.45) is 3.19. The molecule has 1 aromatic rings. The number of hydrogen-bond donors (Lipinski definition) is 1. The molecule has 0 aliphatic carbocycles.